The Kier molecular flexibility index (Phi) is 5.33. The summed E-state index contributed by atoms with van der Waals surface area (Å²) in [5.74, 6) is 0.390. The van der Waals surface area contributed by atoms with Gasteiger partial charge in [-0.25, -0.2) is 14.9 Å². The average molecular weight is 441 g/mol. The minimum Gasteiger partial charge on any atom is -0.325 e. The van der Waals surface area contributed by atoms with Crippen molar-refractivity contribution in [3.63, 3.8) is 0 Å². The molecule has 0 spiro atoms. The molecule has 1 atom stereocenters. The van der Waals surface area contributed by atoms with Crippen LogP contribution in [0.4, 0.5) is 11.4 Å². The number of aliphatic imine (C=N–C) groups is 2. The summed E-state index contributed by atoms with van der Waals surface area (Å²) >= 11 is 1.23. The lowest BCUT2D eigenvalue weighted by Gasteiger charge is -2.25. The van der Waals surface area contributed by atoms with Crippen molar-refractivity contribution in [1.82, 2.24) is 4.90 Å². The zero-order valence-corrected chi connectivity index (χ0v) is 18.2. The number of amidine groups is 2. The van der Waals surface area contributed by atoms with Crippen LogP contribution in [0, 0.1) is 6.92 Å². The highest BCUT2D eigenvalue weighted by molar-refractivity contribution is 8.14. The minimum atomic E-state index is -0.621. The Morgan fingerprint density at radius 1 is 1.00 bits per heavy atom. The first-order chi connectivity index (χ1) is 15.6. The van der Waals surface area contributed by atoms with E-state index in [2.05, 4.69) is 10.3 Å². The van der Waals surface area contributed by atoms with Gasteiger partial charge in [-0.15, -0.1) is 0 Å². The predicted octanol–water partition coefficient (Wildman–Crippen LogP) is 4.70. The Labute approximate surface area is 190 Å². The van der Waals surface area contributed by atoms with Crippen molar-refractivity contribution in [2.24, 2.45) is 9.98 Å². The number of carbonyl (C=O) groups excluding carboxylic acids is 2. The molecule has 2 aliphatic rings. The summed E-state index contributed by atoms with van der Waals surface area (Å²) in [6.45, 7) is 1.94. The molecule has 0 saturated heterocycles. The van der Waals surface area contributed by atoms with Gasteiger partial charge in [-0.05, 0) is 36.2 Å². The van der Waals surface area contributed by atoms with Gasteiger partial charge in [0.2, 0.25) is 5.91 Å². The molecule has 2 aliphatic heterocycles. The second kappa shape index (κ2) is 8.43. The molecule has 2 heterocycles. The molecule has 0 saturated carbocycles. The van der Waals surface area contributed by atoms with Crippen molar-refractivity contribution >= 4 is 46.0 Å². The number of fused-ring (bicyclic) bond motifs is 3. The number of thioether (sulfide) groups is 1. The third-order valence-corrected chi connectivity index (χ3v) is 6.28. The minimum absolute atomic E-state index is 0.127. The highest BCUT2D eigenvalue weighted by atomic mass is 32.2. The summed E-state index contributed by atoms with van der Waals surface area (Å²) in [4.78, 5) is 36.9. The lowest BCUT2D eigenvalue weighted by Crippen LogP contribution is -2.40. The molecular weight excluding hydrogens is 420 g/mol. The number of amides is 2. The molecule has 158 valence electrons. The SMILES string of the molecule is Cc1ccccc1NC(=O)CSC1=Nc2ccccc2C2=N[C@H](c3ccccc3)C(=O)N12. The zero-order chi connectivity index (χ0) is 22.1. The Morgan fingerprint density at radius 2 is 1.72 bits per heavy atom. The Morgan fingerprint density at radius 3 is 2.53 bits per heavy atom. The summed E-state index contributed by atoms with van der Waals surface area (Å²) in [6.07, 6.45) is 0. The molecule has 0 radical (unpaired) electrons. The van der Waals surface area contributed by atoms with Crippen molar-refractivity contribution in [3.05, 3.63) is 95.6 Å². The molecule has 6 nitrogen and oxygen atoms in total. The lowest BCUT2D eigenvalue weighted by atomic mass is 10.1. The van der Waals surface area contributed by atoms with Crippen molar-refractivity contribution in [1.29, 1.82) is 0 Å². The molecule has 32 heavy (non-hydrogen) atoms. The molecule has 0 fully saturated rings. The Bertz CT molecular complexity index is 1270. The van der Waals surface area contributed by atoms with Crippen molar-refractivity contribution in [2.75, 3.05) is 11.1 Å². The van der Waals surface area contributed by atoms with Gasteiger partial charge < -0.3 is 5.32 Å². The first-order valence-electron chi connectivity index (χ1n) is 10.2. The van der Waals surface area contributed by atoms with Gasteiger partial charge in [-0.3, -0.25) is 9.59 Å². The third kappa shape index (κ3) is 3.71. The Hall–Kier alpha value is -3.71. The summed E-state index contributed by atoms with van der Waals surface area (Å²) in [5.41, 5.74) is 4.15. The van der Waals surface area contributed by atoms with Crippen LogP contribution in [0.1, 0.15) is 22.7 Å². The van der Waals surface area contributed by atoms with Crippen molar-refractivity contribution in [3.8, 4) is 0 Å². The fourth-order valence-corrected chi connectivity index (χ4v) is 4.53. The number of anilines is 1. The van der Waals surface area contributed by atoms with Gasteiger partial charge in [0, 0.05) is 11.3 Å². The number of nitrogens with one attached hydrogen (secondary N) is 1. The number of benzene rings is 3. The normalized spacial score (nSPS) is 16.7. The number of carbonyl (C=O) groups is 2. The number of nitrogens with zero attached hydrogens (tertiary/aromatic N) is 3. The number of rotatable bonds is 4. The van der Waals surface area contributed by atoms with Crippen LogP contribution in [-0.2, 0) is 9.59 Å². The van der Waals surface area contributed by atoms with E-state index in [0.717, 1.165) is 28.1 Å². The number of para-hydroxylation sites is 2. The standard InChI is InChI=1S/C25H20N4O2S/c1-16-9-5-7-13-19(16)26-21(30)15-32-25-27-20-14-8-6-12-18(20)23-28-22(24(31)29(23)25)17-10-3-2-4-11-17/h2-14,22H,15H2,1H3,(H,26,30)/t22-/m1/s1. The van der Waals surface area contributed by atoms with Crippen LogP contribution in [0.25, 0.3) is 0 Å². The van der Waals surface area contributed by atoms with Crippen LogP contribution < -0.4 is 5.32 Å². The molecule has 0 aliphatic carbocycles. The van der Waals surface area contributed by atoms with Gasteiger partial charge in [-0.1, -0.05) is 72.4 Å². The largest absolute Gasteiger partial charge is 0.325 e. The van der Waals surface area contributed by atoms with Gasteiger partial charge >= 0.3 is 0 Å². The molecule has 7 heteroatoms. The monoisotopic (exact) mass is 440 g/mol. The van der Waals surface area contributed by atoms with Gasteiger partial charge in [0.25, 0.3) is 5.91 Å². The first kappa shape index (κ1) is 20.2. The van der Waals surface area contributed by atoms with Gasteiger partial charge in [0.05, 0.1) is 11.4 Å². The predicted molar refractivity (Wildman–Crippen MR) is 128 cm³/mol. The topological polar surface area (TPSA) is 74.1 Å². The number of hydrogen-bond donors (Lipinski definition) is 1. The van der Waals surface area contributed by atoms with Crippen molar-refractivity contribution < 1.29 is 9.59 Å². The van der Waals surface area contributed by atoms with Crippen molar-refractivity contribution in [2.45, 2.75) is 13.0 Å². The third-order valence-electron chi connectivity index (χ3n) is 5.34. The van der Waals surface area contributed by atoms with Gasteiger partial charge in [-0.2, -0.15) is 0 Å². The van der Waals surface area contributed by atoms with Gasteiger partial charge in [0.1, 0.15) is 5.84 Å². The smallest absolute Gasteiger partial charge is 0.263 e. The lowest BCUT2D eigenvalue weighted by molar-refractivity contribution is -0.124. The van der Waals surface area contributed by atoms with E-state index in [1.54, 1.807) is 4.90 Å². The summed E-state index contributed by atoms with van der Waals surface area (Å²) in [5, 5.41) is 3.39. The summed E-state index contributed by atoms with van der Waals surface area (Å²) < 4.78 is 0. The van der Waals surface area contributed by atoms with Crippen LogP contribution in [0.5, 0.6) is 0 Å². The average Bonchev–Trinajstić information content (AvgIpc) is 3.17. The quantitative estimate of drug-likeness (QED) is 0.639. The van der Waals surface area contributed by atoms with E-state index in [4.69, 9.17) is 4.99 Å². The molecule has 0 bridgehead atoms. The van der Waals surface area contributed by atoms with Crippen LogP contribution in [0.2, 0.25) is 0 Å². The zero-order valence-electron chi connectivity index (χ0n) is 17.4. The van der Waals surface area contributed by atoms with E-state index >= 15 is 0 Å². The molecule has 0 aromatic heterocycles. The second-order valence-corrected chi connectivity index (χ2v) is 8.45. The van der Waals surface area contributed by atoms with E-state index in [9.17, 15) is 9.59 Å². The van der Waals surface area contributed by atoms with Crippen LogP contribution >= 0.6 is 11.8 Å². The maximum atomic E-state index is 13.4. The first-order valence-corrected chi connectivity index (χ1v) is 11.2. The Balaban J connectivity index is 1.41. The van der Waals surface area contributed by atoms with E-state index in [1.165, 1.54) is 11.8 Å². The highest BCUT2D eigenvalue weighted by Crippen LogP contribution is 2.37. The van der Waals surface area contributed by atoms with Crippen LogP contribution in [0.15, 0.2) is 88.8 Å². The molecule has 3 aromatic rings. The van der Waals surface area contributed by atoms with E-state index < -0.39 is 6.04 Å². The number of aryl methyl sites for hydroxylation is 1. The van der Waals surface area contributed by atoms with E-state index in [-0.39, 0.29) is 17.6 Å². The van der Waals surface area contributed by atoms with Crippen LogP contribution in [-0.4, -0.2) is 33.5 Å². The van der Waals surface area contributed by atoms with E-state index in [0.29, 0.717) is 11.0 Å². The number of hydrogen-bond acceptors (Lipinski definition) is 5. The fraction of sp³-hybridized carbons (Fsp3) is 0.120. The molecular formula is C25H20N4O2S. The maximum Gasteiger partial charge on any atom is 0.263 e. The van der Waals surface area contributed by atoms with E-state index in [1.807, 2.05) is 85.8 Å². The molecule has 2 amide bonds. The molecule has 5 rings (SSSR count). The van der Waals surface area contributed by atoms with Gasteiger partial charge in [0.15, 0.2) is 11.2 Å². The molecule has 0 unspecified atom stereocenters. The molecule has 3 aromatic carbocycles. The van der Waals surface area contributed by atoms with Crippen LogP contribution in [0.3, 0.4) is 0 Å². The molecule has 1 N–H and O–H groups in total. The fourth-order valence-electron chi connectivity index (χ4n) is 3.73. The second-order valence-electron chi connectivity index (χ2n) is 7.50. The summed E-state index contributed by atoms with van der Waals surface area (Å²) in [6, 6.07) is 24.1. The highest BCUT2D eigenvalue weighted by Gasteiger charge is 2.42. The summed E-state index contributed by atoms with van der Waals surface area (Å²) in [7, 11) is 0. The maximum absolute atomic E-state index is 13.4.